The van der Waals surface area contributed by atoms with E-state index in [1.54, 1.807) is 0 Å². The summed E-state index contributed by atoms with van der Waals surface area (Å²) in [4.78, 5) is 37.1. The molecule has 3 rings (SSSR count). The van der Waals surface area contributed by atoms with Crippen LogP contribution < -0.4 is 5.56 Å². The molecule has 142 valence electrons. The van der Waals surface area contributed by atoms with E-state index in [1.165, 1.54) is 12.1 Å². The van der Waals surface area contributed by atoms with Gasteiger partial charge in [-0.05, 0) is 12.1 Å². The van der Waals surface area contributed by atoms with Gasteiger partial charge >= 0.3 is 12.0 Å². The summed E-state index contributed by atoms with van der Waals surface area (Å²) in [6, 6.07) is 3.67. The Morgan fingerprint density at radius 3 is 2.70 bits per heavy atom. The number of carboxylic acid groups (broad SMARTS) is 1. The van der Waals surface area contributed by atoms with Crippen LogP contribution in [0.5, 0.6) is 5.75 Å². The van der Waals surface area contributed by atoms with Gasteiger partial charge in [0.15, 0.2) is 0 Å². The van der Waals surface area contributed by atoms with Crippen molar-refractivity contribution >= 4 is 23.6 Å². The summed E-state index contributed by atoms with van der Waals surface area (Å²) in [7, 11) is 0. The summed E-state index contributed by atoms with van der Waals surface area (Å²) < 4.78 is 20.0. The van der Waals surface area contributed by atoms with Gasteiger partial charge in [0.05, 0.1) is 25.5 Å². The molecule has 8 nitrogen and oxygen atoms in total. The van der Waals surface area contributed by atoms with E-state index < -0.39 is 36.5 Å². The highest BCUT2D eigenvalue weighted by molar-refractivity contribution is 6.30. The summed E-state index contributed by atoms with van der Waals surface area (Å²) in [5.74, 6) is -2.35. The van der Waals surface area contributed by atoms with Crippen LogP contribution >= 0.6 is 11.6 Å². The summed E-state index contributed by atoms with van der Waals surface area (Å²) in [5.41, 5.74) is -0.393. The fourth-order valence-electron chi connectivity index (χ4n) is 2.80. The fourth-order valence-corrected chi connectivity index (χ4v) is 2.96. The zero-order valence-electron chi connectivity index (χ0n) is 13.8. The van der Waals surface area contributed by atoms with Crippen molar-refractivity contribution in [2.24, 2.45) is 0 Å². The Kier molecular flexibility index (Phi) is 5.15. The summed E-state index contributed by atoms with van der Waals surface area (Å²) in [5, 5.41) is 19.1. The van der Waals surface area contributed by atoms with Crippen LogP contribution in [0.3, 0.4) is 0 Å². The number of fused-ring (bicyclic) bond motifs is 1. The van der Waals surface area contributed by atoms with E-state index >= 15 is 0 Å². The van der Waals surface area contributed by atoms with Gasteiger partial charge < -0.3 is 19.8 Å². The van der Waals surface area contributed by atoms with Gasteiger partial charge in [0.1, 0.15) is 18.1 Å². The molecule has 0 spiro atoms. The van der Waals surface area contributed by atoms with Crippen molar-refractivity contribution in [2.75, 3.05) is 6.54 Å². The van der Waals surface area contributed by atoms with E-state index in [-0.39, 0.29) is 40.8 Å². The standard InChI is InChI=1S/C17H14ClFN2O6/c18-10-2-1-9(12(19)3-10)5-20(6-16(24)25)17(26)21-13-8-27-7-11(13)14(22)4-15(21)23/h1-4,22H,5-8H2,(H,24,25). The molecule has 2 N–H and O–H groups in total. The van der Waals surface area contributed by atoms with Crippen LogP contribution in [-0.4, -0.2) is 38.2 Å². The molecule has 1 aliphatic heterocycles. The normalized spacial score (nSPS) is 12.7. The number of rotatable bonds is 4. The number of aromatic hydroxyl groups is 1. The number of halogens is 2. The third-order valence-electron chi connectivity index (χ3n) is 4.06. The van der Waals surface area contributed by atoms with E-state index in [9.17, 15) is 23.9 Å². The highest BCUT2D eigenvalue weighted by Gasteiger charge is 2.28. The Morgan fingerprint density at radius 2 is 2.04 bits per heavy atom. The number of carbonyl (C=O) groups is 2. The molecule has 1 aromatic heterocycles. The van der Waals surface area contributed by atoms with Gasteiger partial charge in [-0.2, -0.15) is 0 Å². The number of pyridine rings is 1. The van der Waals surface area contributed by atoms with Crippen LogP contribution in [0.1, 0.15) is 16.8 Å². The second-order valence-corrected chi connectivity index (χ2v) is 6.33. The highest BCUT2D eigenvalue weighted by atomic mass is 35.5. The third kappa shape index (κ3) is 3.79. The highest BCUT2D eigenvalue weighted by Crippen LogP contribution is 2.27. The van der Waals surface area contributed by atoms with E-state index in [1.807, 2.05) is 0 Å². The number of nitrogens with zero attached hydrogens (tertiary/aromatic N) is 2. The van der Waals surface area contributed by atoms with Crippen molar-refractivity contribution in [1.29, 1.82) is 0 Å². The van der Waals surface area contributed by atoms with Gasteiger partial charge in [0, 0.05) is 22.2 Å². The molecule has 1 aliphatic rings. The predicted molar refractivity (Wildman–Crippen MR) is 91.1 cm³/mol. The van der Waals surface area contributed by atoms with Crippen LogP contribution in [0.15, 0.2) is 29.1 Å². The Balaban J connectivity index is 2.01. The lowest BCUT2D eigenvalue weighted by Crippen LogP contribution is -2.43. The number of ether oxygens (including phenoxy) is 1. The smallest absolute Gasteiger partial charge is 0.332 e. The van der Waals surface area contributed by atoms with Gasteiger partial charge in [-0.3, -0.25) is 9.59 Å². The predicted octanol–water partition coefficient (Wildman–Crippen LogP) is 1.93. The van der Waals surface area contributed by atoms with Gasteiger partial charge in [0.25, 0.3) is 5.56 Å². The first kappa shape index (κ1) is 18.9. The zero-order chi connectivity index (χ0) is 19.7. The van der Waals surface area contributed by atoms with Crippen molar-refractivity contribution in [3.8, 4) is 5.75 Å². The van der Waals surface area contributed by atoms with Crippen LogP contribution in [0.4, 0.5) is 9.18 Å². The van der Waals surface area contributed by atoms with Crippen molar-refractivity contribution < 1.29 is 28.9 Å². The molecule has 0 radical (unpaired) electrons. The van der Waals surface area contributed by atoms with Gasteiger partial charge in [0.2, 0.25) is 0 Å². The maximum atomic E-state index is 14.1. The molecule has 0 atom stereocenters. The summed E-state index contributed by atoms with van der Waals surface area (Å²) in [6.07, 6.45) is 0. The van der Waals surface area contributed by atoms with Crippen LogP contribution in [0.25, 0.3) is 0 Å². The molecular weight excluding hydrogens is 383 g/mol. The molecule has 27 heavy (non-hydrogen) atoms. The van der Waals surface area contributed by atoms with Crippen LogP contribution in [0, 0.1) is 5.82 Å². The molecule has 2 aromatic rings. The number of carboxylic acids is 1. The topological polar surface area (TPSA) is 109 Å². The number of aliphatic carboxylic acids is 1. The minimum atomic E-state index is -1.34. The molecule has 0 fully saturated rings. The number of hydrogen-bond acceptors (Lipinski definition) is 5. The third-order valence-corrected chi connectivity index (χ3v) is 4.29. The molecule has 10 heteroatoms. The van der Waals surface area contributed by atoms with Crippen LogP contribution in [0.2, 0.25) is 5.02 Å². The Morgan fingerprint density at radius 1 is 1.30 bits per heavy atom. The second-order valence-electron chi connectivity index (χ2n) is 5.89. The first-order valence-electron chi connectivity index (χ1n) is 7.77. The average Bonchev–Trinajstić information content (AvgIpc) is 3.05. The van der Waals surface area contributed by atoms with Crippen molar-refractivity contribution in [3.05, 3.63) is 62.3 Å². The van der Waals surface area contributed by atoms with Crippen molar-refractivity contribution in [1.82, 2.24) is 9.47 Å². The largest absolute Gasteiger partial charge is 0.507 e. The van der Waals surface area contributed by atoms with Crippen molar-refractivity contribution in [2.45, 2.75) is 19.8 Å². The van der Waals surface area contributed by atoms with Gasteiger partial charge in [-0.1, -0.05) is 17.7 Å². The lowest BCUT2D eigenvalue weighted by molar-refractivity contribution is -0.137. The Bertz CT molecular complexity index is 990. The Hall–Kier alpha value is -2.91. The first-order chi connectivity index (χ1) is 12.8. The Labute approximate surface area is 157 Å². The van der Waals surface area contributed by atoms with Gasteiger partial charge in [-0.25, -0.2) is 13.8 Å². The van der Waals surface area contributed by atoms with E-state index in [4.69, 9.17) is 21.4 Å². The van der Waals surface area contributed by atoms with E-state index in [0.29, 0.717) is 0 Å². The molecule has 0 saturated heterocycles. The molecule has 0 unspecified atom stereocenters. The maximum Gasteiger partial charge on any atom is 0.332 e. The number of hydrogen-bond donors (Lipinski definition) is 2. The zero-order valence-corrected chi connectivity index (χ0v) is 14.6. The van der Waals surface area contributed by atoms with E-state index in [2.05, 4.69) is 0 Å². The number of amides is 1. The number of aromatic nitrogens is 1. The molecule has 2 heterocycles. The van der Waals surface area contributed by atoms with Crippen LogP contribution in [-0.2, 0) is 29.3 Å². The summed E-state index contributed by atoms with van der Waals surface area (Å²) >= 11 is 5.70. The molecule has 0 bridgehead atoms. The molecule has 0 aliphatic carbocycles. The minimum Gasteiger partial charge on any atom is -0.507 e. The van der Waals surface area contributed by atoms with Crippen molar-refractivity contribution in [3.63, 3.8) is 0 Å². The quantitative estimate of drug-likeness (QED) is 0.817. The number of carbonyl (C=O) groups excluding carboxylic acids is 1. The van der Waals surface area contributed by atoms with Gasteiger partial charge in [-0.15, -0.1) is 0 Å². The number of benzene rings is 1. The lowest BCUT2D eigenvalue weighted by atomic mass is 10.2. The minimum absolute atomic E-state index is 0.0134. The monoisotopic (exact) mass is 396 g/mol. The average molecular weight is 397 g/mol. The molecular formula is C17H14ClFN2O6. The SMILES string of the molecule is O=C(O)CN(Cc1ccc(Cl)cc1F)C(=O)n1c2c(c(O)cc1=O)COC2. The fraction of sp³-hybridized carbons (Fsp3) is 0.235. The maximum absolute atomic E-state index is 14.1. The second kappa shape index (κ2) is 7.37. The molecule has 0 saturated carbocycles. The summed E-state index contributed by atoms with van der Waals surface area (Å²) in [6.45, 7) is -1.23. The first-order valence-corrected chi connectivity index (χ1v) is 8.15. The molecule has 1 amide bonds. The lowest BCUT2D eigenvalue weighted by Gasteiger charge is -2.23. The molecule has 1 aromatic carbocycles. The van der Waals surface area contributed by atoms with E-state index in [0.717, 1.165) is 21.6 Å².